The molecule has 0 aromatic heterocycles. The standard InChI is InChI=1S/C17H29NO3/c1-12(2)15-7-6-13(3)8-16(15)21-10-14(20)9-18-17(4,5)11-19/h6-8,12,14,18-20H,9-11H2,1-5H3/t14-/m1/s1. The zero-order valence-electron chi connectivity index (χ0n) is 13.8. The number of aryl methyl sites for hydroxylation is 1. The van der Waals surface area contributed by atoms with Gasteiger partial charge in [0.25, 0.3) is 0 Å². The molecule has 0 saturated carbocycles. The van der Waals surface area contributed by atoms with Gasteiger partial charge in [0, 0.05) is 12.1 Å². The molecule has 3 N–H and O–H groups in total. The summed E-state index contributed by atoms with van der Waals surface area (Å²) in [4.78, 5) is 0. The summed E-state index contributed by atoms with van der Waals surface area (Å²) in [5.41, 5.74) is 1.90. The summed E-state index contributed by atoms with van der Waals surface area (Å²) in [5, 5.41) is 22.3. The highest BCUT2D eigenvalue weighted by atomic mass is 16.5. The third kappa shape index (κ3) is 6.04. The quantitative estimate of drug-likeness (QED) is 0.688. The van der Waals surface area contributed by atoms with Crippen LogP contribution in [0.4, 0.5) is 0 Å². The van der Waals surface area contributed by atoms with E-state index in [0.717, 1.165) is 16.9 Å². The van der Waals surface area contributed by atoms with Gasteiger partial charge in [-0.2, -0.15) is 0 Å². The number of aliphatic hydroxyl groups excluding tert-OH is 2. The molecule has 120 valence electrons. The number of ether oxygens (including phenoxy) is 1. The number of nitrogens with one attached hydrogen (secondary N) is 1. The molecule has 0 amide bonds. The van der Waals surface area contributed by atoms with Gasteiger partial charge in [0.1, 0.15) is 18.5 Å². The van der Waals surface area contributed by atoms with Crippen molar-refractivity contribution in [3.05, 3.63) is 29.3 Å². The first-order valence-corrected chi connectivity index (χ1v) is 7.52. The molecule has 0 unspecified atom stereocenters. The number of rotatable bonds is 8. The van der Waals surface area contributed by atoms with Crippen molar-refractivity contribution in [1.82, 2.24) is 5.32 Å². The van der Waals surface area contributed by atoms with Gasteiger partial charge in [-0.3, -0.25) is 0 Å². The van der Waals surface area contributed by atoms with Crippen LogP contribution >= 0.6 is 0 Å². The molecule has 4 nitrogen and oxygen atoms in total. The van der Waals surface area contributed by atoms with E-state index < -0.39 is 11.6 Å². The van der Waals surface area contributed by atoms with Crippen molar-refractivity contribution < 1.29 is 14.9 Å². The maximum atomic E-state index is 10.00. The maximum absolute atomic E-state index is 10.00. The monoisotopic (exact) mass is 295 g/mol. The average Bonchev–Trinajstić information content (AvgIpc) is 2.42. The number of benzene rings is 1. The maximum Gasteiger partial charge on any atom is 0.123 e. The van der Waals surface area contributed by atoms with Crippen LogP contribution in [-0.4, -0.2) is 41.6 Å². The highest BCUT2D eigenvalue weighted by molar-refractivity contribution is 5.39. The molecule has 21 heavy (non-hydrogen) atoms. The second kappa shape index (κ2) is 7.78. The molecule has 0 spiro atoms. The van der Waals surface area contributed by atoms with Gasteiger partial charge in [-0.15, -0.1) is 0 Å². The minimum absolute atomic E-state index is 0.0238. The van der Waals surface area contributed by atoms with E-state index in [0.29, 0.717) is 12.5 Å². The van der Waals surface area contributed by atoms with E-state index in [4.69, 9.17) is 9.84 Å². The number of aliphatic hydroxyl groups is 2. The Morgan fingerprint density at radius 2 is 1.95 bits per heavy atom. The lowest BCUT2D eigenvalue weighted by Gasteiger charge is -2.25. The van der Waals surface area contributed by atoms with E-state index in [1.807, 2.05) is 26.8 Å². The third-order valence-corrected chi connectivity index (χ3v) is 3.43. The van der Waals surface area contributed by atoms with Gasteiger partial charge >= 0.3 is 0 Å². The first kappa shape index (κ1) is 18.0. The van der Waals surface area contributed by atoms with E-state index in [-0.39, 0.29) is 13.2 Å². The largest absolute Gasteiger partial charge is 0.491 e. The Morgan fingerprint density at radius 3 is 2.52 bits per heavy atom. The van der Waals surface area contributed by atoms with Gasteiger partial charge in [0.05, 0.1) is 6.61 Å². The number of β-amino-alcohol motifs (C(OH)–C–C–N with tert-alkyl or cyclic N) is 1. The van der Waals surface area contributed by atoms with E-state index in [1.165, 1.54) is 0 Å². The highest BCUT2D eigenvalue weighted by Gasteiger charge is 2.17. The van der Waals surface area contributed by atoms with Crippen molar-refractivity contribution in [2.45, 2.75) is 52.2 Å². The molecule has 0 heterocycles. The van der Waals surface area contributed by atoms with E-state index in [1.54, 1.807) is 0 Å². The predicted octanol–water partition coefficient (Wildman–Crippen LogP) is 2.22. The summed E-state index contributed by atoms with van der Waals surface area (Å²) in [7, 11) is 0. The minimum atomic E-state index is -0.614. The fourth-order valence-corrected chi connectivity index (χ4v) is 1.94. The summed E-state index contributed by atoms with van der Waals surface area (Å²) >= 11 is 0. The molecule has 0 aliphatic carbocycles. The molecule has 0 radical (unpaired) electrons. The molecule has 0 aliphatic heterocycles. The first-order valence-electron chi connectivity index (χ1n) is 7.52. The smallest absolute Gasteiger partial charge is 0.123 e. The van der Waals surface area contributed by atoms with Crippen molar-refractivity contribution in [3.63, 3.8) is 0 Å². The molecular weight excluding hydrogens is 266 g/mol. The normalized spacial score (nSPS) is 13.5. The van der Waals surface area contributed by atoms with Gasteiger partial charge in [-0.25, -0.2) is 0 Å². The van der Waals surface area contributed by atoms with E-state index in [9.17, 15) is 5.11 Å². The van der Waals surface area contributed by atoms with Crippen molar-refractivity contribution in [2.24, 2.45) is 0 Å². The van der Waals surface area contributed by atoms with Gasteiger partial charge in [0.2, 0.25) is 0 Å². The highest BCUT2D eigenvalue weighted by Crippen LogP contribution is 2.27. The van der Waals surface area contributed by atoms with Crippen LogP contribution in [0.5, 0.6) is 5.75 Å². The fourth-order valence-electron chi connectivity index (χ4n) is 1.94. The van der Waals surface area contributed by atoms with Crippen LogP contribution in [-0.2, 0) is 0 Å². The van der Waals surface area contributed by atoms with Crippen molar-refractivity contribution in [2.75, 3.05) is 19.8 Å². The second-order valence-corrected chi connectivity index (χ2v) is 6.58. The number of hydrogen-bond donors (Lipinski definition) is 3. The number of hydrogen-bond acceptors (Lipinski definition) is 4. The van der Waals surface area contributed by atoms with Gasteiger partial charge in [0.15, 0.2) is 0 Å². The van der Waals surface area contributed by atoms with E-state index >= 15 is 0 Å². The van der Waals surface area contributed by atoms with Crippen LogP contribution < -0.4 is 10.1 Å². The van der Waals surface area contributed by atoms with Crippen LogP contribution in [0.25, 0.3) is 0 Å². The van der Waals surface area contributed by atoms with Gasteiger partial charge in [-0.1, -0.05) is 26.0 Å². The predicted molar refractivity (Wildman–Crippen MR) is 85.9 cm³/mol. The van der Waals surface area contributed by atoms with Crippen molar-refractivity contribution in [3.8, 4) is 5.75 Å². The molecule has 1 atom stereocenters. The van der Waals surface area contributed by atoms with Crippen LogP contribution in [0.1, 0.15) is 44.7 Å². The molecule has 0 fully saturated rings. The summed E-state index contributed by atoms with van der Waals surface area (Å²) in [6, 6.07) is 6.16. The van der Waals surface area contributed by atoms with Crippen LogP contribution in [0, 0.1) is 6.92 Å². The summed E-state index contributed by atoms with van der Waals surface area (Å²) in [6.07, 6.45) is -0.614. The Morgan fingerprint density at radius 1 is 1.29 bits per heavy atom. The Hall–Kier alpha value is -1.10. The third-order valence-electron chi connectivity index (χ3n) is 3.43. The minimum Gasteiger partial charge on any atom is -0.491 e. The van der Waals surface area contributed by atoms with Gasteiger partial charge < -0.3 is 20.3 Å². The molecule has 4 heteroatoms. The Kier molecular flexibility index (Phi) is 6.65. The fraction of sp³-hybridized carbons (Fsp3) is 0.647. The summed E-state index contributed by atoms with van der Waals surface area (Å²) in [6.45, 7) is 10.7. The summed E-state index contributed by atoms with van der Waals surface area (Å²) in [5.74, 6) is 1.22. The van der Waals surface area contributed by atoms with E-state index in [2.05, 4.69) is 31.3 Å². The zero-order chi connectivity index (χ0) is 16.0. The topological polar surface area (TPSA) is 61.7 Å². The first-order chi connectivity index (χ1) is 9.75. The van der Waals surface area contributed by atoms with Crippen LogP contribution in [0.15, 0.2) is 18.2 Å². The average molecular weight is 295 g/mol. The molecule has 1 aromatic carbocycles. The molecule has 0 bridgehead atoms. The molecule has 0 saturated heterocycles. The van der Waals surface area contributed by atoms with Crippen LogP contribution in [0.3, 0.4) is 0 Å². The Labute approximate surface area is 128 Å². The lowest BCUT2D eigenvalue weighted by Crippen LogP contribution is -2.47. The molecule has 0 aliphatic rings. The summed E-state index contributed by atoms with van der Waals surface area (Å²) < 4.78 is 5.79. The molecule has 1 aromatic rings. The zero-order valence-corrected chi connectivity index (χ0v) is 13.8. The lowest BCUT2D eigenvalue weighted by atomic mass is 10.0. The van der Waals surface area contributed by atoms with Crippen LogP contribution in [0.2, 0.25) is 0 Å². The van der Waals surface area contributed by atoms with Gasteiger partial charge in [-0.05, 0) is 43.9 Å². The van der Waals surface area contributed by atoms with Crippen molar-refractivity contribution in [1.29, 1.82) is 0 Å². The lowest BCUT2D eigenvalue weighted by molar-refractivity contribution is 0.0901. The Balaban J connectivity index is 2.57. The Bertz CT molecular complexity index is 444. The van der Waals surface area contributed by atoms with Crippen molar-refractivity contribution >= 4 is 0 Å². The SMILES string of the molecule is Cc1ccc(C(C)C)c(OC[C@H](O)CNC(C)(C)CO)c1. The molecule has 1 rings (SSSR count). The molecular formula is C17H29NO3. The second-order valence-electron chi connectivity index (χ2n) is 6.58.